The molecule has 1 amide bonds. The van der Waals surface area contributed by atoms with E-state index in [1.165, 1.54) is 0 Å². The number of ether oxygens (including phenoxy) is 1. The van der Waals surface area contributed by atoms with E-state index < -0.39 is 29.5 Å². The molecule has 21 heavy (non-hydrogen) atoms. The largest absolute Gasteiger partial charge is 0.508 e. The van der Waals surface area contributed by atoms with Gasteiger partial charge in [-0.1, -0.05) is 0 Å². The lowest BCUT2D eigenvalue weighted by Crippen LogP contribution is -2.44. The molecule has 0 aliphatic carbocycles. The number of aliphatic carboxylic acids is 1. The van der Waals surface area contributed by atoms with E-state index in [-0.39, 0.29) is 17.7 Å². The van der Waals surface area contributed by atoms with Crippen molar-refractivity contribution in [1.29, 1.82) is 0 Å². The molecule has 3 N–H and O–H groups in total. The van der Waals surface area contributed by atoms with Crippen LogP contribution in [-0.4, -0.2) is 33.9 Å². The number of alkyl carbamates (subject to hydrolysis) is 1. The molecule has 0 spiro atoms. The third kappa shape index (κ3) is 5.68. The van der Waals surface area contributed by atoms with Gasteiger partial charge in [0.1, 0.15) is 23.2 Å². The molecule has 0 fully saturated rings. The van der Waals surface area contributed by atoms with Crippen LogP contribution in [0.5, 0.6) is 5.75 Å². The number of aromatic hydroxyl groups is 1. The van der Waals surface area contributed by atoms with Crippen LogP contribution < -0.4 is 5.32 Å². The van der Waals surface area contributed by atoms with Gasteiger partial charge in [-0.3, -0.25) is 0 Å². The molecular weight excluding hydrogens is 281 g/mol. The molecule has 7 heteroatoms. The van der Waals surface area contributed by atoms with Crippen LogP contribution in [0.4, 0.5) is 9.18 Å². The molecule has 0 saturated carbocycles. The number of phenols is 1. The summed E-state index contributed by atoms with van der Waals surface area (Å²) in [4.78, 5) is 22.7. The van der Waals surface area contributed by atoms with Crippen LogP contribution in [0, 0.1) is 5.82 Å². The highest BCUT2D eigenvalue weighted by atomic mass is 19.1. The van der Waals surface area contributed by atoms with Crippen molar-refractivity contribution >= 4 is 12.1 Å². The predicted molar refractivity (Wildman–Crippen MR) is 72.6 cm³/mol. The number of halogens is 1. The minimum absolute atomic E-state index is 0.0153. The zero-order chi connectivity index (χ0) is 16.2. The number of carboxylic acids is 1. The Morgan fingerprint density at radius 2 is 2.00 bits per heavy atom. The molecule has 0 radical (unpaired) electrons. The Labute approximate surface area is 121 Å². The van der Waals surface area contributed by atoms with Crippen molar-refractivity contribution in [1.82, 2.24) is 5.32 Å². The Bertz CT molecular complexity index is 539. The molecule has 1 aromatic carbocycles. The summed E-state index contributed by atoms with van der Waals surface area (Å²) in [5.74, 6) is -2.18. The van der Waals surface area contributed by atoms with Crippen LogP contribution in [0.1, 0.15) is 26.3 Å². The van der Waals surface area contributed by atoms with E-state index in [0.717, 1.165) is 18.2 Å². The minimum Gasteiger partial charge on any atom is -0.508 e. The average Bonchev–Trinajstić information content (AvgIpc) is 2.30. The predicted octanol–water partition coefficient (Wildman–Crippen LogP) is 2.05. The van der Waals surface area contributed by atoms with Crippen LogP contribution in [0.3, 0.4) is 0 Å². The summed E-state index contributed by atoms with van der Waals surface area (Å²) >= 11 is 0. The first kappa shape index (κ1) is 16.7. The van der Waals surface area contributed by atoms with E-state index in [2.05, 4.69) is 5.32 Å². The van der Waals surface area contributed by atoms with Gasteiger partial charge < -0.3 is 20.3 Å². The van der Waals surface area contributed by atoms with E-state index in [9.17, 15) is 19.1 Å². The fourth-order valence-corrected chi connectivity index (χ4v) is 1.59. The summed E-state index contributed by atoms with van der Waals surface area (Å²) in [5, 5.41) is 20.5. The number of nitrogens with one attached hydrogen (secondary N) is 1. The van der Waals surface area contributed by atoms with Gasteiger partial charge in [0.2, 0.25) is 0 Å². The van der Waals surface area contributed by atoms with E-state index in [1.807, 2.05) is 0 Å². The zero-order valence-corrected chi connectivity index (χ0v) is 12.0. The summed E-state index contributed by atoms with van der Waals surface area (Å²) in [6.45, 7) is 4.91. The molecule has 0 aliphatic heterocycles. The van der Waals surface area contributed by atoms with Gasteiger partial charge in [0.15, 0.2) is 0 Å². The smallest absolute Gasteiger partial charge is 0.408 e. The second-order valence-corrected chi connectivity index (χ2v) is 5.52. The molecular formula is C14H18FNO5. The van der Waals surface area contributed by atoms with E-state index in [4.69, 9.17) is 9.84 Å². The standard InChI is InChI=1S/C14H18FNO5/c1-14(2,3)21-13(20)16-11(12(18)19)7-8-6-9(17)4-5-10(8)15/h4-6,11,17H,7H2,1-3H3,(H,16,20)(H,18,19)/t11-/m0/s1. The summed E-state index contributed by atoms with van der Waals surface area (Å²) in [5.41, 5.74) is -0.790. The maximum atomic E-state index is 13.6. The van der Waals surface area contributed by atoms with Crippen molar-refractivity contribution in [2.45, 2.75) is 38.8 Å². The van der Waals surface area contributed by atoms with Crippen molar-refractivity contribution in [2.75, 3.05) is 0 Å². The van der Waals surface area contributed by atoms with Gasteiger partial charge in [0.05, 0.1) is 0 Å². The normalized spacial score (nSPS) is 12.6. The lowest BCUT2D eigenvalue weighted by molar-refractivity contribution is -0.139. The summed E-state index contributed by atoms with van der Waals surface area (Å²) in [6, 6.07) is 1.92. The number of rotatable bonds is 4. The van der Waals surface area contributed by atoms with Crippen molar-refractivity contribution in [3.05, 3.63) is 29.6 Å². The highest BCUT2D eigenvalue weighted by Crippen LogP contribution is 2.17. The number of carbonyl (C=O) groups excluding carboxylic acids is 1. The first-order valence-corrected chi connectivity index (χ1v) is 6.28. The highest BCUT2D eigenvalue weighted by molar-refractivity contribution is 5.80. The van der Waals surface area contributed by atoms with Crippen LogP contribution >= 0.6 is 0 Å². The van der Waals surface area contributed by atoms with E-state index >= 15 is 0 Å². The van der Waals surface area contributed by atoms with Gasteiger partial charge in [-0.2, -0.15) is 0 Å². The Morgan fingerprint density at radius 3 is 2.52 bits per heavy atom. The van der Waals surface area contributed by atoms with E-state index in [1.54, 1.807) is 20.8 Å². The van der Waals surface area contributed by atoms with Crippen molar-refractivity contribution in [3.8, 4) is 5.75 Å². The third-order valence-electron chi connectivity index (χ3n) is 2.44. The van der Waals surface area contributed by atoms with Gasteiger partial charge in [-0.05, 0) is 44.5 Å². The lowest BCUT2D eigenvalue weighted by atomic mass is 10.1. The monoisotopic (exact) mass is 299 g/mol. The number of benzene rings is 1. The van der Waals surface area contributed by atoms with Crippen LogP contribution in [0.2, 0.25) is 0 Å². The number of hydrogen-bond donors (Lipinski definition) is 3. The fourth-order valence-electron chi connectivity index (χ4n) is 1.59. The van der Waals surface area contributed by atoms with Crippen molar-refractivity contribution < 1.29 is 28.9 Å². The van der Waals surface area contributed by atoms with Gasteiger partial charge in [0, 0.05) is 6.42 Å². The van der Waals surface area contributed by atoms with Crippen LogP contribution in [-0.2, 0) is 16.0 Å². The number of phenolic OH excluding ortho intramolecular Hbond substituents is 1. The van der Waals surface area contributed by atoms with E-state index in [0.29, 0.717) is 0 Å². The Kier molecular flexibility index (Phi) is 5.12. The van der Waals surface area contributed by atoms with Gasteiger partial charge in [0.25, 0.3) is 0 Å². The molecule has 1 aromatic rings. The molecule has 0 bridgehead atoms. The highest BCUT2D eigenvalue weighted by Gasteiger charge is 2.25. The second-order valence-electron chi connectivity index (χ2n) is 5.52. The molecule has 6 nitrogen and oxygen atoms in total. The summed E-state index contributed by atoms with van der Waals surface area (Å²) < 4.78 is 18.5. The number of carboxylic acid groups (broad SMARTS) is 1. The molecule has 116 valence electrons. The topological polar surface area (TPSA) is 95.9 Å². The molecule has 0 heterocycles. The average molecular weight is 299 g/mol. The Balaban J connectivity index is 2.81. The zero-order valence-electron chi connectivity index (χ0n) is 12.0. The molecule has 1 rings (SSSR count). The Morgan fingerprint density at radius 1 is 1.38 bits per heavy atom. The Hall–Kier alpha value is -2.31. The first-order chi connectivity index (χ1) is 9.58. The SMILES string of the molecule is CC(C)(C)OC(=O)N[C@@H](Cc1cc(O)ccc1F)C(=O)O. The maximum absolute atomic E-state index is 13.6. The quantitative estimate of drug-likeness (QED) is 0.790. The van der Waals surface area contributed by atoms with Crippen molar-refractivity contribution in [2.24, 2.45) is 0 Å². The lowest BCUT2D eigenvalue weighted by Gasteiger charge is -2.22. The number of carbonyl (C=O) groups is 2. The van der Waals surface area contributed by atoms with Gasteiger partial charge in [-0.15, -0.1) is 0 Å². The molecule has 1 atom stereocenters. The minimum atomic E-state index is -1.36. The number of hydrogen-bond acceptors (Lipinski definition) is 4. The molecule has 0 aromatic heterocycles. The fraction of sp³-hybridized carbons (Fsp3) is 0.429. The second kappa shape index (κ2) is 6.43. The molecule has 0 saturated heterocycles. The maximum Gasteiger partial charge on any atom is 0.408 e. The summed E-state index contributed by atoms with van der Waals surface area (Å²) in [6.07, 6.45) is -1.22. The van der Waals surface area contributed by atoms with Crippen molar-refractivity contribution in [3.63, 3.8) is 0 Å². The van der Waals surface area contributed by atoms with Gasteiger partial charge in [-0.25, -0.2) is 14.0 Å². The third-order valence-corrected chi connectivity index (χ3v) is 2.44. The van der Waals surface area contributed by atoms with Crippen LogP contribution in [0.15, 0.2) is 18.2 Å². The molecule has 0 unspecified atom stereocenters. The number of amides is 1. The molecule has 0 aliphatic rings. The van der Waals surface area contributed by atoms with Crippen LogP contribution in [0.25, 0.3) is 0 Å². The summed E-state index contributed by atoms with van der Waals surface area (Å²) in [7, 11) is 0. The first-order valence-electron chi connectivity index (χ1n) is 6.28. The van der Waals surface area contributed by atoms with Gasteiger partial charge >= 0.3 is 12.1 Å².